The second-order valence-corrected chi connectivity index (χ2v) is 8.31. The van der Waals surface area contributed by atoms with Gasteiger partial charge in [0, 0.05) is 37.5 Å². The maximum atomic E-state index is 12.3. The molecule has 1 aliphatic heterocycles. The summed E-state index contributed by atoms with van der Waals surface area (Å²) in [6, 6.07) is 15.0. The van der Waals surface area contributed by atoms with Gasteiger partial charge in [0.25, 0.3) is 0 Å². The number of ether oxygens (including phenoxy) is 4. The molecule has 0 aliphatic carbocycles. The van der Waals surface area contributed by atoms with E-state index in [0.717, 1.165) is 24.5 Å². The fourth-order valence-corrected chi connectivity index (χ4v) is 3.82. The molecule has 1 unspecified atom stereocenters. The van der Waals surface area contributed by atoms with Gasteiger partial charge in [0.1, 0.15) is 12.4 Å². The number of anilines is 2. The van der Waals surface area contributed by atoms with E-state index in [9.17, 15) is 9.90 Å². The van der Waals surface area contributed by atoms with Crippen LogP contribution in [0, 0.1) is 0 Å². The third kappa shape index (κ3) is 7.01. The lowest BCUT2D eigenvalue weighted by Gasteiger charge is -2.26. The van der Waals surface area contributed by atoms with E-state index in [1.807, 2.05) is 36.4 Å². The van der Waals surface area contributed by atoms with Gasteiger partial charge in [0.15, 0.2) is 6.23 Å². The number of aliphatic hydroxyl groups excluding tert-OH is 1. The average molecular weight is 473 g/mol. The molecule has 0 aromatic heterocycles. The normalized spacial score (nSPS) is 15.4. The molecule has 1 N–H and O–H groups in total. The Morgan fingerprint density at radius 1 is 0.912 bits per heavy atom. The van der Waals surface area contributed by atoms with Gasteiger partial charge in [0.2, 0.25) is 5.78 Å². The van der Waals surface area contributed by atoms with Crippen molar-refractivity contribution in [1.82, 2.24) is 4.90 Å². The van der Waals surface area contributed by atoms with Crippen LogP contribution in [-0.4, -0.2) is 87.9 Å². The van der Waals surface area contributed by atoms with Crippen molar-refractivity contribution in [3.63, 3.8) is 0 Å². The quantitative estimate of drug-likeness (QED) is 0.396. The summed E-state index contributed by atoms with van der Waals surface area (Å²) < 4.78 is 21.9. The van der Waals surface area contributed by atoms with Gasteiger partial charge in [-0.2, -0.15) is 0 Å². The van der Waals surface area contributed by atoms with Crippen molar-refractivity contribution >= 4 is 17.2 Å². The van der Waals surface area contributed by atoms with Gasteiger partial charge in [0.05, 0.1) is 38.7 Å². The van der Waals surface area contributed by atoms with Gasteiger partial charge < -0.3 is 29.0 Å². The van der Waals surface area contributed by atoms with E-state index in [-0.39, 0.29) is 5.78 Å². The molecule has 8 nitrogen and oxygen atoms in total. The van der Waals surface area contributed by atoms with E-state index in [1.54, 1.807) is 24.1 Å². The van der Waals surface area contributed by atoms with E-state index in [0.29, 0.717) is 56.9 Å². The number of carbonyl (C=O) groups is 1. The predicted octanol–water partition coefficient (Wildman–Crippen LogP) is 3.11. The number of nitrogens with zero attached hydrogens (tertiary/aromatic N) is 2. The number of benzene rings is 2. The van der Waals surface area contributed by atoms with E-state index >= 15 is 0 Å². The third-order valence-electron chi connectivity index (χ3n) is 5.73. The molecule has 186 valence electrons. The van der Waals surface area contributed by atoms with Crippen LogP contribution in [0.4, 0.5) is 11.4 Å². The number of fused-ring (bicyclic) bond motifs is 1. The summed E-state index contributed by atoms with van der Waals surface area (Å²) in [7, 11) is 1.65. The van der Waals surface area contributed by atoms with Gasteiger partial charge in [-0.3, -0.25) is 9.69 Å². The van der Waals surface area contributed by atoms with E-state index in [4.69, 9.17) is 18.9 Å². The number of hydrogen-bond donors (Lipinski definition) is 1. The van der Waals surface area contributed by atoms with E-state index in [1.165, 1.54) is 0 Å². The largest absolute Gasteiger partial charge is 0.492 e. The Balaban J connectivity index is 1.42. The highest BCUT2D eigenvalue weighted by atomic mass is 16.5. The van der Waals surface area contributed by atoms with Crippen molar-refractivity contribution in [3.05, 3.63) is 54.1 Å². The molecule has 0 bridgehead atoms. The lowest BCUT2D eigenvalue weighted by atomic mass is 10.1. The maximum Gasteiger partial charge on any atom is 0.214 e. The zero-order valence-electron chi connectivity index (χ0n) is 20.3. The molecule has 0 radical (unpaired) electrons. The highest BCUT2D eigenvalue weighted by Gasteiger charge is 2.36. The fourth-order valence-electron chi connectivity index (χ4n) is 3.82. The zero-order chi connectivity index (χ0) is 24.3. The first-order valence-corrected chi connectivity index (χ1v) is 11.7. The van der Waals surface area contributed by atoms with Crippen LogP contribution >= 0.6 is 0 Å². The van der Waals surface area contributed by atoms with Crippen LogP contribution in [0.25, 0.3) is 0 Å². The first-order chi connectivity index (χ1) is 16.5. The number of para-hydroxylation sites is 1. The Morgan fingerprint density at radius 2 is 1.56 bits per heavy atom. The van der Waals surface area contributed by atoms with Gasteiger partial charge in [-0.05, 0) is 50.2 Å². The lowest BCUT2D eigenvalue weighted by Crippen LogP contribution is -2.37. The van der Waals surface area contributed by atoms with Crippen LogP contribution in [0.5, 0.6) is 5.75 Å². The Morgan fingerprint density at radius 3 is 2.26 bits per heavy atom. The van der Waals surface area contributed by atoms with Crippen LogP contribution in [0.15, 0.2) is 48.5 Å². The maximum absolute atomic E-state index is 12.3. The molecule has 0 fully saturated rings. The number of Topliss-reactive ketones (excluding diaryl/α,β-unsaturated/α-hetero) is 1. The summed E-state index contributed by atoms with van der Waals surface area (Å²) >= 11 is 0. The van der Waals surface area contributed by atoms with Crippen LogP contribution in [0.3, 0.4) is 0 Å². The van der Waals surface area contributed by atoms with Gasteiger partial charge in [-0.25, -0.2) is 0 Å². The predicted molar refractivity (Wildman–Crippen MR) is 131 cm³/mol. The molecule has 0 amide bonds. The molecule has 34 heavy (non-hydrogen) atoms. The van der Waals surface area contributed by atoms with Crippen molar-refractivity contribution in [1.29, 1.82) is 0 Å². The average Bonchev–Trinajstić information content (AvgIpc) is 3.10. The number of carbonyl (C=O) groups excluding carboxylic acids is 1. The minimum Gasteiger partial charge on any atom is -0.492 e. The highest BCUT2D eigenvalue weighted by Crippen LogP contribution is 2.37. The van der Waals surface area contributed by atoms with Crippen molar-refractivity contribution < 1.29 is 28.8 Å². The molecule has 0 saturated carbocycles. The van der Waals surface area contributed by atoms with Crippen molar-refractivity contribution in [2.24, 2.45) is 0 Å². The molecular weight excluding hydrogens is 436 g/mol. The smallest absolute Gasteiger partial charge is 0.214 e. The molecule has 1 heterocycles. The van der Waals surface area contributed by atoms with Gasteiger partial charge in [-0.15, -0.1) is 0 Å². The van der Waals surface area contributed by atoms with Gasteiger partial charge >= 0.3 is 0 Å². The highest BCUT2D eigenvalue weighted by molar-refractivity contribution is 6.11. The van der Waals surface area contributed by atoms with Crippen LogP contribution in [-0.2, 0) is 14.2 Å². The Bertz CT molecular complexity index is 889. The molecular formula is C26H36N2O6. The number of hydrogen-bond acceptors (Lipinski definition) is 8. The van der Waals surface area contributed by atoms with Crippen LogP contribution < -0.4 is 9.64 Å². The second kappa shape index (κ2) is 13.4. The standard InChI is InChI=1S/C26H36N2O6/c1-20(2)27(12-14-32-18-19-33-17-16-31-3)13-15-34-22-10-8-21(9-11-22)28-24-7-5-4-6-23(24)25(29)26(28)30/h4-11,20,26,30H,12-19H2,1-3H3. The summed E-state index contributed by atoms with van der Waals surface area (Å²) in [6.45, 7) is 9.41. The molecule has 8 heteroatoms. The second-order valence-electron chi connectivity index (χ2n) is 8.31. The Hall–Kier alpha value is -2.49. The minimum atomic E-state index is -1.21. The topological polar surface area (TPSA) is 80.7 Å². The van der Waals surface area contributed by atoms with Crippen molar-refractivity contribution in [2.45, 2.75) is 26.1 Å². The van der Waals surface area contributed by atoms with Crippen LogP contribution in [0.2, 0.25) is 0 Å². The minimum absolute atomic E-state index is 0.285. The molecule has 1 aliphatic rings. The van der Waals surface area contributed by atoms with E-state index in [2.05, 4.69) is 18.7 Å². The molecule has 2 aromatic rings. The SMILES string of the molecule is COCCOCCOCCN(CCOc1ccc(N2c3ccccc3C(=O)C2O)cc1)C(C)C. The summed E-state index contributed by atoms with van der Waals surface area (Å²) in [5.41, 5.74) is 1.99. The number of aliphatic hydroxyl groups is 1. The molecule has 2 aromatic carbocycles. The van der Waals surface area contributed by atoms with Crippen molar-refractivity contribution in [2.75, 3.05) is 64.7 Å². The molecule has 3 rings (SSSR count). The Labute approximate surface area is 202 Å². The summed E-state index contributed by atoms with van der Waals surface area (Å²) in [6.07, 6.45) is -1.21. The monoisotopic (exact) mass is 472 g/mol. The molecule has 0 saturated heterocycles. The lowest BCUT2D eigenvalue weighted by molar-refractivity contribution is 0.0166. The first kappa shape index (κ1) is 26.1. The Kier molecular flexibility index (Phi) is 10.3. The molecule has 1 atom stereocenters. The van der Waals surface area contributed by atoms with Crippen LogP contribution in [0.1, 0.15) is 24.2 Å². The number of ketones is 1. The summed E-state index contributed by atoms with van der Waals surface area (Å²) in [5, 5.41) is 10.4. The first-order valence-electron chi connectivity index (χ1n) is 11.7. The number of methoxy groups -OCH3 is 1. The zero-order valence-corrected chi connectivity index (χ0v) is 20.3. The summed E-state index contributed by atoms with van der Waals surface area (Å²) in [5.74, 6) is 0.456. The fraction of sp³-hybridized carbons (Fsp3) is 0.500. The molecule has 0 spiro atoms. The summed E-state index contributed by atoms with van der Waals surface area (Å²) in [4.78, 5) is 16.3. The third-order valence-corrected chi connectivity index (χ3v) is 5.73. The van der Waals surface area contributed by atoms with Crippen molar-refractivity contribution in [3.8, 4) is 5.75 Å². The van der Waals surface area contributed by atoms with Gasteiger partial charge in [-0.1, -0.05) is 12.1 Å². The van der Waals surface area contributed by atoms with E-state index < -0.39 is 6.23 Å². The number of rotatable bonds is 15.